The minimum Gasteiger partial charge on any atom is -0.466 e. The lowest BCUT2D eigenvalue weighted by Crippen LogP contribution is -2.11. The second-order valence-electron chi connectivity index (χ2n) is 3.29. The van der Waals surface area contributed by atoms with E-state index in [4.69, 9.17) is 4.42 Å². The quantitative estimate of drug-likeness (QED) is 0.846. The molecule has 0 bridgehead atoms. The number of hydrogen-bond donors (Lipinski definition) is 1. The van der Waals surface area contributed by atoms with E-state index in [0.717, 1.165) is 11.4 Å². The van der Waals surface area contributed by atoms with Crippen LogP contribution in [-0.4, -0.2) is 5.91 Å². The average Bonchev–Trinajstić information content (AvgIpc) is 2.75. The lowest BCUT2D eigenvalue weighted by atomic mass is 10.2. The van der Waals surface area contributed by atoms with Gasteiger partial charge in [0.1, 0.15) is 11.5 Å². The Kier molecular flexibility index (Phi) is 2.60. The minimum absolute atomic E-state index is 0.122. The molecule has 4 heteroatoms. The standard InChI is InChI=1S/C11H11NO2S/c1-7-5-10(8(2)14-7)11(13)12-9-3-4-15-6-9/h3-6H,1-2H3,(H,12,13). The van der Waals surface area contributed by atoms with Gasteiger partial charge in [0.25, 0.3) is 5.91 Å². The highest BCUT2D eigenvalue weighted by molar-refractivity contribution is 7.08. The van der Waals surface area contributed by atoms with Gasteiger partial charge in [-0.2, -0.15) is 11.3 Å². The Morgan fingerprint density at radius 2 is 2.27 bits per heavy atom. The lowest BCUT2D eigenvalue weighted by Gasteiger charge is -2.00. The summed E-state index contributed by atoms with van der Waals surface area (Å²) in [6, 6.07) is 3.61. The molecule has 2 heterocycles. The zero-order chi connectivity index (χ0) is 10.8. The first kappa shape index (κ1) is 9.98. The Morgan fingerprint density at radius 3 is 2.80 bits per heavy atom. The summed E-state index contributed by atoms with van der Waals surface area (Å²) in [5, 5.41) is 6.61. The van der Waals surface area contributed by atoms with Gasteiger partial charge in [-0.15, -0.1) is 0 Å². The molecule has 0 aliphatic heterocycles. The van der Waals surface area contributed by atoms with Gasteiger partial charge in [-0.25, -0.2) is 0 Å². The molecule has 3 nitrogen and oxygen atoms in total. The molecule has 15 heavy (non-hydrogen) atoms. The van der Waals surface area contributed by atoms with Crippen LogP contribution in [0.4, 0.5) is 5.69 Å². The summed E-state index contributed by atoms with van der Waals surface area (Å²) < 4.78 is 5.30. The smallest absolute Gasteiger partial charge is 0.259 e. The Morgan fingerprint density at radius 1 is 1.47 bits per heavy atom. The number of hydrogen-bond acceptors (Lipinski definition) is 3. The van der Waals surface area contributed by atoms with Crippen LogP contribution in [0, 0.1) is 13.8 Å². The van der Waals surface area contributed by atoms with Crippen molar-refractivity contribution >= 4 is 22.9 Å². The van der Waals surface area contributed by atoms with E-state index < -0.39 is 0 Å². The highest BCUT2D eigenvalue weighted by atomic mass is 32.1. The predicted molar refractivity (Wildman–Crippen MR) is 60.5 cm³/mol. The Balaban J connectivity index is 2.18. The predicted octanol–water partition coefficient (Wildman–Crippen LogP) is 3.21. The van der Waals surface area contributed by atoms with Crippen LogP contribution < -0.4 is 5.32 Å². The molecular weight excluding hydrogens is 210 g/mol. The van der Waals surface area contributed by atoms with E-state index >= 15 is 0 Å². The highest BCUT2D eigenvalue weighted by Crippen LogP contribution is 2.17. The summed E-state index contributed by atoms with van der Waals surface area (Å²) in [4.78, 5) is 11.8. The summed E-state index contributed by atoms with van der Waals surface area (Å²) in [6.45, 7) is 3.61. The fourth-order valence-corrected chi connectivity index (χ4v) is 1.98. The highest BCUT2D eigenvalue weighted by Gasteiger charge is 2.13. The molecule has 0 spiro atoms. The Hall–Kier alpha value is -1.55. The van der Waals surface area contributed by atoms with Crippen molar-refractivity contribution in [3.05, 3.63) is 40.0 Å². The second kappa shape index (κ2) is 3.90. The van der Waals surface area contributed by atoms with E-state index in [0.29, 0.717) is 11.3 Å². The van der Waals surface area contributed by atoms with Crippen LogP contribution in [0.5, 0.6) is 0 Å². The number of carbonyl (C=O) groups excluding carboxylic acids is 1. The summed E-state index contributed by atoms with van der Waals surface area (Å²) in [5.74, 6) is 1.28. The third-order valence-electron chi connectivity index (χ3n) is 2.06. The molecule has 0 aliphatic rings. The normalized spacial score (nSPS) is 10.3. The zero-order valence-corrected chi connectivity index (χ0v) is 9.35. The molecular formula is C11H11NO2S. The Labute approximate surface area is 91.7 Å². The maximum Gasteiger partial charge on any atom is 0.259 e. The van der Waals surface area contributed by atoms with Gasteiger partial charge in [0, 0.05) is 5.38 Å². The number of carbonyl (C=O) groups is 1. The van der Waals surface area contributed by atoms with Crippen molar-refractivity contribution in [3.63, 3.8) is 0 Å². The molecule has 0 atom stereocenters. The van der Waals surface area contributed by atoms with E-state index in [-0.39, 0.29) is 5.91 Å². The summed E-state index contributed by atoms with van der Waals surface area (Å²) >= 11 is 1.55. The first-order valence-corrected chi connectivity index (χ1v) is 5.51. The molecule has 0 aromatic carbocycles. The summed E-state index contributed by atoms with van der Waals surface area (Å²) in [6.07, 6.45) is 0. The van der Waals surface area contributed by atoms with Crippen LogP contribution in [0.3, 0.4) is 0 Å². The fourth-order valence-electron chi connectivity index (χ4n) is 1.39. The number of aryl methyl sites for hydroxylation is 2. The SMILES string of the molecule is Cc1cc(C(=O)Nc2ccsc2)c(C)o1. The maximum atomic E-state index is 11.8. The molecule has 0 saturated carbocycles. The van der Waals surface area contributed by atoms with Gasteiger partial charge < -0.3 is 9.73 Å². The molecule has 0 aliphatic carbocycles. The molecule has 2 aromatic rings. The number of amides is 1. The van der Waals surface area contributed by atoms with Gasteiger partial charge in [-0.05, 0) is 31.4 Å². The lowest BCUT2D eigenvalue weighted by molar-refractivity contribution is 0.102. The van der Waals surface area contributed by atoms with Crippen LogP contribution in [0.15, 0.2) is 27.3 Å². The third kappa shape index (κ3) is 2.10. The molecule has 0 unspecified atom stereocenters. The van der Waals surface area contributed by atoms with Crippen LogP contribution in [0.1, 0.15) is 21.9 Å². The second-order valence-corrected chi connectivity index (χ2v) is 4.07. The van der Waals surface area contributed by atoms with Crippen molar-refractivity contribution in [2.75, 3.05) is 5.32 Å². The summed E-state index contributed by atoms with van der Waals surface area (Å²) in [7, 11) is 0. The topological polar surface area (TPSA) is 42.2 Å². The van der Waals surface area contributed by atoms with Crippen molar-refractivity contribution in [3.8, 4) is 0 Å². The van der Waals surface area contributed by atoms with Crippen LogP contribution in [-0.2, 0) is 0 Å². The van der Waals surface area contributed by atoms with Crippen molar-refractivity contribution in [1.82, 2.24) is 0 Å². The van der Waals surface area contributed by atoms with E-state index in [1.54, 1.807) is 24.3 Å². The molecule has 1 amide bonds. The number of thiophene rings is 1. The first-order chi connectivity index (χ1) is 7.16. The van der Waals surface area contributed by atoms with Crippen molar-refractivity contribution in [1.29, 1.82) is 0 Å². The molecule has 2 aromatic heterocycles. The fraction of sp³-hybridized carbons (Fsp3) is 0.182. The average molecular weight is 221 g/mol. The van der Waals surface area contributed by atoms with Crippen molar-refractivity contribution in [2.45, 2.75) is 13.8 Å². The Bertz CT molecular complexity index is 471. The molecule has 0 fully saturated rings. The van der Waals surface area contributed by atoms with E-state index in [1.807, 2.05) is 23.8 Å². The first-order valence-electron chi connectivity index (χ1n) is 4.57. The van der Waals surface area contributed by atoms with Gasteiger partial charge in [-0.3, -0.25) is 4.79 Å². The largest absolute Gasteiger partial charge is 0.466 e. The van der Waals surface area contributed by atoms with E-state index in [1.165, 1.54) is 0 Å². The van der Waals surface area contributed by atoms with Crippen LogP contribution in [0.2, 0.25) is 0 Å². The molecule has 1 N–H and O–H groups in total. The zero-order valence-electron chi connectivity index (χ0n) is 8.53. The van der Waals surface area contributed by atoms with Gasteiger partial charge in [-0.1, -0.05) is 0 Å². The van der Waals surface area contributed by atoms with Gasteiger partial charge in [0.05, 0.1) is 11.3 Å². The number of nitrogens with one attached hydrogen (secondary N) is 1. The molecule has 2 rings (SSSR count). The van der Waals surface area contributed by atoms with Crippen LogP contribution in [0.25, 0.3) is 0 Å². The monoisotopic (exact) mass is 221 g/mol. The van der Waals surface area contributed by atoms with Gasteiger partial charge in [0.15, 0.2) is 0 Å². The van der Waals surface area contributed by atoms with Crippen molar-refractivity contribution in [2.24, 2.45) is 0 Å². The maximum absolute atomic E-state index is 11.8. The third-order valence-corrected chi connectivity index (χ3v) is 2.75. The van der Waals surface area contributed by atoms with Crippen molar-refractivity contribution < 1.29 is 9.21 Å². The molecule has 78 valence electrons. The summed E-state index contributed by atoms with van der Waals surface area (Å²) in [5.41, 5.74) is 1.42. The number of furan rings is 1. The van der Waals surface area contributed by atoms with Gasteiger partial charge >= 0.3 is 0 Å². The van der Waals surface area contributed by atoms with E-state index in [9.17, 15) is 4.79 Å². The van der Waals surface area contributed by atoms with Gasteiger partial charge in [0.2, 0.25) is 0 Å². The van der Waals surface area contributed by atoms with E-state index in [2.05, 4.69) is 5.32 Å². The van der Waals surface area contributed by atoms with Crippen LogP contribution >= 0.6 is 11.3 Å². The molecule has 0 saturated heterocycles. The molecule has 0 radical (unpaired) electrons. The number of anilines is 1. The minimum atomic E-state index is -0.122. The number of rotatable bonds is 2.